The lowest BCUT2D eigenvalue weighted by atomic mass is 10.3. The number of aromatic nitrogens is 1. The lowest BCUT2D eigenvalue weighted by Gasteiger charge is -2.23. The molecule has 0 fully saturated rings. The summed E-state index contributed by atoms with van der Waals surface area (Å²) in [6.07, 6.45) is 1.18. The van der Waals surface area contributed by atoms with Crippen molar-refractivity contribution in [1.29, 1.82) is 0 Å². The zero-order chi connectivity index (χ0) is 12.8. The monoisotopic (exact) mass is 275 g/mol. The van der Waals surface area contributed by atoms with Gasteiger partial charge in [-0.1, -0.05) is 0 Å². The molecule has 1 aromatic rings. The first-order valence-electron chi connectivity index (χ1n) is 5.89. The highest BCUT2D eigenvalue weighted by atomic mass is 35.5. The predicted molar refractivity (Wildman–Crippen MR) is 75.9 cm³/mol. The van der Waals surface area contributed by atoms with Crippen LogP contribution in [0, 0.1) is 0 Å². The zero-order valence-corrected chi connectivity index (χ0v) is 12.7. The Hall–Kier alpha value is -0.160. The van der Waals surface area contributed by atoms with Crippen molar-refractivity contribution in [3.63, 3.8) is 0 Å². The topological polar surface area (TPSA) is 19.4 Å². The minimum absolute atomic E-state index is 0.374. The molecule has 1 unspecified atom stereocenters. The number of alkyl halides is 1. The molecule has 5 heteroatoms. The van der Waals surface area contributed by atoms with E-state index in [1.807, 2.05) is 5.38 Å². The summed E-state index contributed by atoms with van der Waals surface area (Å²) in [6.45, 7) is 4.42. The van der Waals surface area contributed by atoms with Crippen LogP contribution in [-0.2, 0) is 5.88 Å². The first-order valence-corrected chi connectivity index (χ1v) is 7.31. The first-order chi connectivity index (χ1) is 8.04. The van der Waals surface area contributed by atoms with Crippen molar-refractivity contribution in [3.05, 3.63) is 16.1 Å². The van der Waals surface area contributed by atoms with Crippen LogP contribution < -0.4 is 0 Å². The second-order valence-electron chi connectivity index (χ2n) is 4.62. The molecule has 0 aliphatic carbocycles. The Morgan fingerprint density at radius 2 is 2.06 bits per heavy atom. The maximum absolute atomic E-state index is 5.77. The van der Waals surface area contributed by atoms with Gasteiger partial charge in [0, 0.05) is 5.38 Å². The Morgan fingerprint density at radius 3 is 2.59 bits per heavy atom. The second-order valence-corrected chi connectivity index (χ2v) is 5.78. The van der Waals surface area contributed by atoms with Crippen LogP contribution in [0.5, 0.6) is 0 Å². The van der Waals surface area contributed by atoms with Crippen LogP contribution in [0.4, 0.5) is 0 Å². The maximum Gasteiger partial charge on any atom is 0.110 e. The normalized spacial score (nSPS) is 13.6. The summed E-state index contributed by atoms with van der Waals surface area (Å²) < 4.78 is 0. The summed E-state index contributed by atoms with van der Waals surface area (Å²) in [4.78, 5) is 9.09. The molecule has 0 aliphatic heterocycles. The molecule has 0 saturated heterocycles. The van der Waals surface area contributed by atoms with E-state index in [4.69, 9.17) is 11.6 Å². The van der Waals surface area contributed by atoms with Gasteiger partial charge in [-0.05, 0) is 47.6 Å². The average Bonchev–Trinajstić information content (AvgIpc) is 2.75. The Kier molecular flexibility index (Phi) is 6.41. The van der Waals surface area contributed by atoms with Gasteiger partial charge in [0.15, 0.2) is 0 Å². The second kappa shape index (κ2) is 7.31. The molecule has 1 rings (SSSR count). The third-order valence-corrected chi connectivity index (χ3v) is 4.18. The van der Waals surface area contributed by atoms with E-state index < -0.39 is 0 Å². The Bertz CT molecular complexity index is 327. The standard InChI is InChI=1S/C12H22ClN3S/c1-10(12-14-11(8-13)9-17-12)16(4)7-5-6-15(2)3/h9-10H,5-8H2,1-4H3. The van der Waals surface area contributed by atoms with Gasteiger partial charge in [-0.3, -0.25) is 4.90 Å². The highest BCUT2D eigenvalue weighted by Crippen LogP contribution is 2.23. The molecule has 3 nitrogen and oxygen atoms in total. The van der Waals surface area contributed by atoms with Gasteiger partial charge in [0.2, 0.25) is 0 Å². The van der Waals surface area contributed by atoms with Crippen LogP contribution in [0.25, 0.3) is 0 Å². The lowest BCUT2D eigenvalue weighted by molar-refractivity contribution is 0.244. The van der Waals surface area contributed by atoms with Crippen molar-refractivity contribution < 1.29 is 0 Å². The number of rotatable bonds is 7. The molecule has 0 N–H and O–H groups in total. The summed E-state index contributed by atoms with van der Waals surface area (Å²) >= 11 is 7.47. The van der Waals surface area contributed by atoms with Crippen molar-refractivity contribution >= 4 is 22.9 Å². The number of thiazole rings is 1. The van der Waals surface area contributed by atoms with E-state index in [1.54, 1.807) is 11.3 Å². The van der Waals surface area contributed by atoms with Gasteiger partial charge >= 0.3 is 0 Å². The van der Waals surface area contributed by atoms with E-state index in [0.717, 1.165) is 23.8 Å². The average molecular weight is 276 g/mol. The molecule has 0 aliphatic rings. The van der Waals surface area contributed by atoms with E-state index in [1.165, 1.54) is 6.42 Å². The fraction of sp³-hybridized carbons (Fsp3) is 0.750. The molecule has 98 valence electrons. The largest absolute Gasteiger partial charge is 0.309 e. The predicted octanol–water partition coefficient (Wildman–Crippen LogP) is 2.83. The summed E-state index contributed by atoms with van der Waals surface area (Å²) in [5.41, 5.74) is 0.986. The Labute approximate surface area is 113 Å². The van der Waals surface area contributed by atoms with Crippen LogP contribution in [0.15, 0.2) is 5.38 Å². The van der Waals surface area contributed by atoms with Crippen molar-refractivity contribution in [2.45, 2.75) is 25.3 Å². The SMILES string of the molecule is CC(c1nc(CCl)cs1)N(C)CCCN(C)C. The Morgan fingerprint density at radius 1 is 1.35 bits per heavy atom. The fourth-order valence-corrected chi connectivity index (χ4v) is 2.76. The molecular weight excluding hydrogens is 254 g/mol. The molecular formula is C12H22ClN3S. The molecule has 0 saturated carbocycles. The highest BCUT2D eigenvalue weighted by molar-refractivity contribution is 7.09. The van der Waals surface area contributed by atoms with Crippen LogP contribution in [-0.4, -0.2) is 49.0 Å². The summed E-state index contributed by atoms with van der Waals surface area (Å²) in [5.74, 6) is 0.508. The van der Waals surface area contributed by atoms with Crippen LogP contribution in [0.1, 0.15) is 30.1 Å². The molecule has 0 amide bonds. The molecule has 0 bridgehead atoms. The van der Waals surface area contributed by atoms with Gasteiger partial charge in [0.1, 0.15) is 5.01 Å². The van der Waals surface area contributed by atoms with Crippen LogP contribution >= 0.6 is 22.9 Å². The smallest absolute Gasteiger partial charge is 0.110 e. The van der Waals surface area contributed by atoms with Gasteiger partial charge in [0.05, 0.1) is 17.6 Å². The molecule has 17 heavy (non-hydrogen) atoms. The molecule has 0 radical (unpaired) electrons. The maximum atomic E-state index is 5.77. The molecule has 1 atom stereocenters. The first kappa shape index (κ1) is 14.9. The van der Waals surface area contributed by atoms with Crippen LogP contribution in [0.2, 0.25) is 0 Å². The lowest BCUT2D eigenvalue weighted by Crippen LogP contribution is -2.26. The number of nitrogens with zero attached hydrogens (tertiary/aromatic N) is 3. The van der Waals surface area contributed by atoms with E-state index in [0.29, 0.717) is 11.9 Å². The third-order valence-electron chi connectivity index (χ3n) is 2.84. The number of halogens is 1. The molecule has 0 spiro atoms. The van der Waals surface area contributed by atoms with Gasteiger partial charge < -0.3 is 4.90 Å². The highest BCUT2D eigenvalue weighted by Gasteiger charge is 2.14. The molecule has 1 heterocycles. The molecule has 1 aromatic heterocycles. The van der Waals surface area contributed by atoms with Gasteiger partial charge in [-0.2, -0.15) is 0 Å². The number of hydrogen-bond acceptors (Lipinski definition) is 4. The van der Waals surface area contributed by atoms with E-state index in [9.17, 15) is 0 Å². The van der Waals surface area contributed by atoms with E-state index in [-0.39, 0.29) is 0 Å². The zero-order valence-electron chi connectivity index (χ0n) is 11.1. The number of hydrogen-bond donors (Lipinski definition) is 0. The van der Waals surface area contributed by atoms with Gasteiger partial charge in [-0.25, -0.2) is 4.98 Å². The van der Waals surface area contributed by atoms with E-state index in [2.05, 4.69) is 42.9 Å². The minimum atomic E-state index is 0.374. The summed E-state index contributed by atoms with van der Waals surface area (Å²) in [5, 5.41) is 3.21. The quantitative estimate of drug-likeness (QED) is 0.714. The Balaban J connectivity index is 2.42. The van der Waals surface area contributed by atoms with Crippen molar-refractivity contribution in [2.75, 3.05) is 34.2 Å². The van der Waals surface area contributed by atoms with Gasteiger partial charge in [0.25, 0.3) is 0 Å². The van der Waals surface area contributed by atoms with Crippen molar-refractivity contribution in [2.24, 2.45) is 0 Å². The van der Waals surface area contributed by atoms with E-state index >= 15 is 0 Å². The molecule has 0 aromatic carbocycles. The fourth-order valence-electron chi connectivity index (χ4n) is 1.59. The van der Waals surface area contributed by atoms with Crippen molar-refractivity contribution in [3.8, 4) is 0 Å². The third kappa shape index (κ3) is 4.92. The minimum Gasteiger partial charge on any atom is -0.309 e. The van der Waals surface area contributed by atoms with Gasteiger partial charge in [-0.15, -0.1) is 22.9 Å². The summed E-state index contributed by atoms with van der Waals surface area (Å²) in [7, 11) is 6.37. The van der Waals surface area contributed by atoms with Crippen LogP contribution in [0.3, 0.4) is 0 Å². The van der Waals surface area contributed by atoms with Crippen molar-refractivity contribution in [1.82, 2.24) is 14.8 Å². The summed E-state index contributed by atoms with van der Waals surface area (Å²) in [6, 6.07) is 0.374.